The number of aliphatic hydroxyl groups excluding tert-OH is 1. The average molecular weight is 644 g/mol. The topological polar surface area (TPSA) is 124 Å². The van der Waals surface area contributed by atoms with Gasteiger partial charge in [-0.1, -0.05) is 73.1 Å². The minimum atomic E-state index is -0.713. The maximum absolute atomic E-state index is 14.2. The Kier molecular flexibility index (Phi) is 10.4. The first-order chi connectivity index (χ1) is 21.6. The van der Waals surface area contributed by atoms with Crippen LogP contribution in [0.3, 0.4) is 0 Å². The maximum atomic E-state index is 14.2. The number of unbranched alkanes of at least 4 members (excludes halogenated alkanes) is 7. The van der Waals surface area contributed by atoms with E-state index >= 15 is 0 Å². The fraction of sp³-hybridized carbons (Fsp3) is 0.923. The molecule has 46 heavy (non-hydrogen) atoms. The van der Waals surface area contributed by atoms with Gasteiger partial charge in [-0.25, -0.2) is 0 Å². The Labute approximate surface area is 278 Å². The lowest BCUT2D eigenvalue weighted by atomic mass is 9.32. The second-order valence-electron chi connectivity index (χ2n) is 17.9. The van der Waals surface area contributed by atoms with Crippen molar-refractivity contribution in [3.63, 3.8) is 0 Å². The number of fused-ring (bicyclic) bond motifs is 7. The van der Waals surface area contributed by atoms with Gasteiger partial charge in [-0.05, 0) is 122 Å². The van der Waals surface area contributed by atoms with Crippen molar-refractivity contribution in [3.8, 4) is 0 Å². The molecule has 0 heterocycles. The molecule has 5 saturated carbocycles. The Bertz CT molecular complexity index is 1140. The molecule has 5 fully saturated rings. The molecule has 5 rings (SSSR count). The molecule has 5 aliphatic rings. The van der Waals surface area contributed by atoms with Crippen molar-refractivity contribution in [1.82, 2.24) is 5.32 Å². The second kappa shape index (κ2) is 13.3. The third kappa shape index (κ3) is 5.85. The summed E-state index contributed by atoms with van der Waals surface area (Å²) in [6, 6.07) is 0. The number of hydrogen-bond donors (Lipinski definition) is 4. The summed E-state index contributed by atoms with van der Waals surface area (Å²) in [7, 11) is 0. The van der Waals surface area contributed by atoms with Crippen molar-refractivity contribution in [2.45, 2.75) is 163 Å². The van der Waals surface area contributed by atoms with Crippen molar-refractivity contribution in [2.75, 3.05) is 6.54 Å². The minimum absolute atomic E-state index is 0.00418. The minimum Gasteiger partial charge on any atom is -0.481 e. The first kappa shape index (κ1) is 35.7. The van der Waals surface area contributed by atoms with Crippen LogP contribution in [0.15, 0.2) is 0 Å². The predicted molar refractivity (Wildman–Crippen MR) is 180 cm³/mol. The van der Waals surface area contributed by atoms with E-state index in [9.17, 15) is 24.6 Å². The average Bonchev–Trinajstić information content (AvgIpc) is 3.39. The van der Waals surface area contributed by atoms with Gasteiger partial charge in [0, 0.05) is 13.0 Å². The highest BCUT2D eigenvalue weighted by molar-refractivity contribution is 5.85. The largest absolute Gasteiger partial charge is 0.481 e. The van der Waals surface area contributed by atoms with Crippen LogP contribution in [0.1, 0.15) is 157 Å². The summed E-state index contributed by atoms with van der Waals surface area (Å²) in [6.45, 7) is 12.8. The van der Waals surface area contributed by atoms with Crippen LogP contribution in [-0.4, -0.2) is 45.8 Å². The van der Waals surface area contributed by atoms with Gasteiger partial charge in [0.05, 0.1) is 17.4 Å². The van der Waals surface area contributed by atoms with Crippen LogP contribution >= 0.6 is 0 Å². The highest BCUT2D eigenvalue weighted by atomic mass is 16.4. The van der Waals surface area contributed by atoms with E-state index in [-0.39, 0.29) is 51.9 Å². The van der Waals surface area contributed by atoms with Gasteiger partial charge in [-0.15, -0.1) is 0 Å². The molecule has 0 bridgehead atoms. The Morgan fingerprint density at radius 1 is 0.674 bits per heavy atom. The third-order valence-electron chi connectivity index (χ3n) is 15.8. The molecule has 0 saturated heterocycles. The molecule has 0 radical (unpaired) electrons. The van der Waals surface area contributed by atoms with Gasteiger partial charge in [0.25, 0.3) is 0 Å². The number of amides is 1. The van der Waals surface area contributed by atoms with Gasteiger partial charge in [0.1, 0.15) is 0 Å². The van der Waals surface area contributed by atoms with E-state index in [1.807, 2.05) is 0 Å². The standard InChI is InChI=1S/C39H65NO6/c1-35(2)28-18-21-38(5)29(36(28,3)20-19-30(35)41)16-15-27-32-26(33(44)45)17-22-39(32,24-23-37(27,38)4)34(46)40-25-13-11-9-7-6-8-10-12-14-31(42)43/h26-30,32,41H,6-25H2,1-5H3,(H,40,46)(H,42,43)(H,44,45)/t26-,27-,28+,29-,30?,32-,36+,37-,38-,39+/m1/s1. The number of hydrogen-bond acceptors (Lipinski definition) is 4. The second-order valence-corrected chi connectivity index (χ2v) is 17.9. The summed E-state index contributed by atoms with van der Waals surface area (Å²) < 4.78 is 0. The Morgan fingerprint density at radius 3 is 1.98 bits per heavy atom. The van der Waals surface area contributed by atoms with Crippen LogP contribution in [0.4, 0.5) is 0 Å². The molecule has 0 spiro atoms. The highest BCUT2D eigenvalue weighted by Gasteiger charge is 2.72. The monoisotopic (exact) mass is 643 g/mol. The van der Waals surface area contributed by atoms with E-state index in [2.05, 4.69) is 39.9 Å². The summed E-state index contributed by atoms with van der Waals surface area (Å²) in [6.07, 6.45) is 17.7. The lowest BCUT2D eigenvalue weighted by Gasteiger charge is -2.72. The van der Waals surface area contributed by atoms with E-state index in [4.69, 9.17) is 5.11 Å². The first-order valence-electron chi connectivity index (χ1n) is 19.1. The number of carbonyl (C=O) groups excluding carboxylic acids is 1. The molecule has 7 nitrogen and oxygen atoms in total. The number of rotatable bonds is 13. The number of aliphatic hydroxyl groups is 1. The van der Waals surface area contributed by atoms with Crippen LogP contribution in [0.2, 0.25) is 0 Å². The van der Waals surface area contributed by atoms with Gasteiger partial charge in [-0.3, -0.25) is 14.4 Å². The fourth-order valence-corrected chi connectivity index (χ4v) is 13.1. The zero-order valence-electron chi connectivity index (χ0n) is 29.7. The lowest BCUT2D eigenvalue weighted by Crippen LogP contribution is -2.67. The van der Waals surface area contributed by atoms with Gasteiger partial charge >= 0.3 is 11.9 Å². The molecule has 0 aromatic rings. The first-order valence-corrected chi connectivity index (χ1v) is 19.1. The Hall–Kier alpha value is -1.63. The maximum Gasteiger partial charge on any atom is 0.306 e. The number of carboxylic acid groups (broad SMARTS) is 2. The summed E-state index contributed by atoms with van der Waals surface area (Å²) in [5.41, 5.74) is -0.369. The molecular weight excluding hydrogens is 578 g/mol. The van der Waals surface area contributed by atoms with Gasteiger partial charge in [0.15, 0.2) is 0 Å². The Balaban J connectivity index is 1.24. The third-order valence-corrected chi connectivity index (χ3v) is 15.8. The predicted octanol–water partition coefficient (Wildman–Crippen LogP) is 8.23. The molecule has 5 aliphatic carbocycles. The summed E-state index contributed by atoms with van der Waals surface area (Å²) in [4.78, 5) is 37.6. The SMILES string of the molecule is CC1(C)C(O)CC[C@]2(C)[C@H]3CC[C@@H]4[C@H]5[C@H](C(=O)O)CC[C@]5(C(=O)NCCCCCCCCCCC(=O)O)CC[C@@]4(C)[C@]3(C)CC[C@@H]12. The van der Waals surface area contributed by atoms with Crippen LogP contribution in [0.25, 0.3) is 0 Å². The smallest absolute Gasteiger partial charge is 0.306 e. The van der Waals surface area contributed by atoms with Gasteiger partial charge < -0.3 is 20.6 Å². The van der Waals surface area contributed by atoms with Crippen molar-refractivity contribution in [3.05, 3.63) is 0 Å². The highest BCUT2D eigenvalue weighted by Crippen LogP contribution is 2.77. The molecule has 0 aromatic heterocycles. The Morgan fingerprint density at radius 2 is 1.33 bits per heavy atom. The molecule has 7 heteroatoms. The zero-order chi connectivity index (χ0) is 33.5. The number of carboxylic acids is 2. The number of carbonyl (C=O) groups is 3. The van der Waals surface area contributed by atoms with Crippen molar-refractivity contribution in [1.29, 1.82) is 0 Å². The summed E-state index contributed by atoms with van der Waals surface area (Å²) in [5, 5.41) is 33.6. The van der Waals surface area contributed by atoms with Crippen molar-refractivity contribution < 1.29 is 29.7 Å². The lowest BCUT2D eigenvalue weighted by molar-refractivity contribution is -0.247. The molecular formula is C39H65NO6. The molecule has 4 N–H and O–H groups in total. The van der Waals surface area contributed by atoms with Crippen molar-refractivity contribution >= 4 is 17.8 Å². The fourth-order valence-electron chi connectivity index (χ4n) is 13.1. The molecule has 262 valence electrons. The normalized spacial score (nSPS) is 42.7. The van der Waals surface area contributed by atoms with Crippen LogP contribution in [0, 0.1) is 56.7 Å². The summed E-state index contributed by atoms with van der Waals surface area (Å²) in [5.74, 6) is -0.546. The number of aliphatic carboxylic acids is 2. The van der Waals surface area contributed by atoms with E-state index < -0.39 is 23.3 Å². The number of nitrogens with one attached hydrogen (secondary N) is 1. The molecule has 0 aliphatic heterocycles. The summed E-state index contributed by atoms with van der Waals surface area (Å²) >= 11 is 0. The van der Waals surface area contributed by atoms with Crippen LogP contribution in [-0.2, 0) is 14.4 Å². The van der Waals surface area contributed by atoms with E-state index in [1.54, 1.807) is 0 Å². The van der Waals surface area contributed by atoms with Gasteiger partial charge in [0.2, 0.25) is 5.91 Å². The van der Waals surface area contributed by atoms with E-state index in [1.165, 1.54) is 0 Å². The molecule has 0 aromatic carbocycles. The van der Waals surface area contributed by atoms with E-state index in [0.717, 1.165) is 103 Å². The molecule has 1 unspecified atom stereocenters. The van der Waals surface area contributed by atoms with Gasteiger partial charge in [-0.2, -0.15) is 0 Å². The quantitative estimate of drug-likeness (QED) is 0.150. The molecule has 10 atom stereocenters. The van der Waals surface area contributed by atoms with E-state index in [0.29, 0.717) is 31.2 Å². The van der Waals surface area contributed by atoms with Crippen LogP contribution < -0.4 is 5.32 Å². The molecule has 1 amide bonds. The van der Waals surface area contributed by atoms with Crippen LogP contribution in [0.5, 0.6) is 0 Å². The zero-order valence-corrected chi connectivity index (χ0v) is 29.7. The van der Waals surface area contributed by atoms with Crippen molar-refractivity contribution in [2.24, 2.45) is 56.7 Å².